The molecule has 33 heavy (non-hydrogen) atoms. The Hall–Kier alpha value is -3.31. The Morgan fingerprint density at radius 2 is 2.03 bits per heavy atom. The van der Waals surface area contributed by atoms with Crippen molar-refractivity contribution in [3.63, 3.8) is 0 Å². The number of anilines is 1. The highest BCUT2D eigenvalue weighted by atomic mass is 16.4. The summed E-state index contributed by atoms with van der Waals surface area (Å²) in [7, 11) is 4.23. The highest BCUT2D eigenvalue weighted by molar-refractivity contribution is 5.92. The molecule has 4 rings (SSSR count). The van der Waals surface area contributed by atoms with Gasteiger partial charge in [0.15, 0.2) is 5.56 Å². The van der Waals surface area contributed by atoms with Gasteiger partial charge in [-0.15, -0.1) is 0 Å². The second kappa shape index (κ2) is 8.56. The van der Waals surface area contributed by atoms with Crippen molar-refractivity contribution >= 4 is 11.7 Å². The van der Waals surface area contributed by atoms with Gasteiger partial charge in [0.25, 0.3) is 12.1 Å². The summed E-state index contributed by atoms with van der Waals surface area (Å²) in [5.41, 5.74) is 0.903. The third kappa shape index (κ3) is 3.76. The zero-order valence-corrected chi connectivity index (χ0v) is 19.3. The van der Waals surface area contributed by atoms with E-state index >= 15 is 0 Å². The number of rotatable bonds is 5. The first-order chi connectivity index (χ1) is 15.7. The minimum absolute atomic E-state index is 0.245. The highest BCUT2D eigenvalue weighted by Crippen LogP contribution is 2.45. The standard InChI is InChI=1S/C25H30N4O4/c1-5-17-21(27-23(31)20(22(17)30)24(32)33)15-8-10-16(11-9-15)29-13-18-19(28(3)4)7-6-12-25(18,14-29)26-2/h2,8-11,18-19H,5-7,12-14H2,1,3-4H3,(H2-,27,30,31,32,33)/p+1. The molecule has 0 bridgehead atoms. The zero-order valence-electron chi connectivity index (χ0n) is 19.3. The number of nitrogens with zero attached hydrogens (tertiary/aromatic N) is 3. The monoisotopic (exact) mass is 451 g/mol. The predicted molar refractivity (Wildman–Crippen MR) is 129 cm³/mol. The molecule has 3 N–H and O–H groups in total. The second-order valence-electron chi connectivity index (χ2n) is 9.38. The molecule has 1 aromatic carbocycles. The lowest BCUT2D eigenvalue weighted by molar-refractivity contribution is 0.0691. The first-order valence-electron chi connectivity index (χ1n) is 11.4. The van der Waals surface area contributed by atoms with Gasteiger partial charge in [-0.1, -0.05) is 23.9 Å². The van der Waals surface area contributed by atoms with Gasteiger partial charge < -0.3 is 25.0 Å². The summed E-state index contributed by atoms with van der Waals surface area (Å²) < 4.78 is 0. The molecule has 1 aromatic heterocycles. The Balaban J connectivity index is 1.66. The number of nitrogens with one attached hydrogen (secondary N) is 1. The molecular formula is C25H31N4O4+. The van der Waals surface area contributed by atoms with Crippen molar-refractivity contribution in [1.29, 1.82) is 0 Å². The van der Waals surface area contributed by atoms with Gasteiger partial charge in [-0.2, -0.15) is 0 Å². The predicted octanol–water partition coefficient (Wildman–Crippen LogP) is 3.26. The molecular weight excluding hydrogens is 420 g/mol. The molecule has 1 aliphatic heterocycles. The lowest BCUT2D eigenvalue weighted by Crippen LogP contribution is -2.50. The number of fused-ring (bicyclic) bond motifs is 1. The Labute approximate surface area is 193 Å². The first-order valence-corrected chi connectivity index (χ1v) is 11.4. The molecule has 3 atom stereocenters. The normalized spacial score (nSPS) is 24.5. The molecule has 1 saturated heterocycles. The van der Waals surface area contributed by atoms with Crippen LogP contribution in [0, 0.1) is 12.5 Å². The van der Waals surface area contributed by atoms with Crippen LogP contribution in [0.3, 0.4) is 0 Å². The van der Waals surface area contributed by atoms with E-state index in [0.29, 0.717) is 35.2 Å². The number of aromatic hydroxyl groups is 1. The van der Waals surface area contributed by atoms with Crippen LogP contribution in [-0.2, 0) is 6.42 Å². The topological polar surface area (TPSA) is 101 Å². The zero-order chi connectivity index (χ0) is 23.9. The van der Waals surface area contributed by atoms with Gasteiger partial charge in [-0.05, 0) is 51.1 Å². The van der Waals surface area contributed by atoms with Crippen molar-refractivity contribution in [2.75, 3.05) is 32.1 Å². The number of carboxylic acids is 1. The molecule has 1 saturated carbocycles. The molecule has 3 unspecified atom stereocenters. The summed E-state index contributed by atoms with van der Waals surface area (Å²) in [5.74, 6) is -1.57. The number of hydrogen-bond donors (Lipinski definition) is 3. The smallest absolute Gasteiger partial charge is 0.345 e. The Bertz CT molecular complexity index is 1160. The van der Waals surface area contributed by atoms with Gasteiger partial charge in [0.05, 0.1) is 11.6 Å². The number of hydrogen-bond acceptors (Lipinski definition) is 5. The quantitative estimate of drug-likeness (QED) is 0.645. The number of aromatic amines is 1. The number of benzene rings is 1. The van der Waals surface area contributed by atoms with E-state index in [4.69, 9.17) is 6.57 Å². The van der Waals surface area contributed by atoms with Crippen molar-refractivity contribution < 1.29 is 15.0 Å². The molecule has 2 heterocycles. The maximum atomic E-state index is 12.3. The lowest BCUT2D eigenvalue weighted by atomic mass is 9.72. The summed E-state index contributed by atoms with van der Waals surface area (Å²) in [5, 5.41) is 19.7. The van der Waals surface area contributed by atoms with Crippen LogP contribution in [0.1, 0.15) is 42.1 Å². The van der Waals surface area contributed by atoms with Gasteiger partial charge in [0.2, 0.25) is 0 Å². The molecule has 8 heteroatoms. The molecule has 0 radical (unpaired) electrons. The third-order valence-electron chi connectivity index (χ3n) is 7.44. The van der Waals surface area contributed by atoms with E-state index in [-0.39, 0.29) is 5.54 Å². The van der Waals surface area contributed by atoms with Gasteiger partial charge in [0.1, 0.15) is 12.3 Å². The fraction of sp³-hybridized carbons (Fsp3) is 0.480. The number of carboxylic acid groups (broad SMARTS) is 1. The number of aromatic carboxylic acids is 1. The third-order valence-corrected chi connectivity index (χ3v) is 7.44. The average Bonchev–Trinajstić information content (AvgIpc) is 3.19. The average molecular weight is 452 g/mol. The van der Waals surface area contributed by atoms with Crippen LogP contribution in [-0.4, -0.2) is 64.8 Å². The van der Waals surface area contributed by atoms with Crippen LogP contribution >= 0.6 is 0 Å². The van der Waals surface area contributed by atoms with Gasteiger partial charge in [0, 0.05) is 30.3 Å². The van der Waals surface area contributed by atoms with Crippen LogP contribution in [0.4, 0.5) is 5.69 Å². The fourth-order valence-corrected chi connectivity index (χ4v) is 5.75. The van der Waals surface area contributed by atoms with Gasteiger partial charge >= 0.3 is 11.5 Å². The molecule has 2 aromatic rings. The molecule has 0 amide bonds. The maximum absolute atomic E-state index is 12.3. The number of H-pyrrole nitrogens is 1. The summed E-state index contributed by atoms with van der Waals surface area (Å²) in [6.07, 6.45) is 3.62. The van der Waals surface area contributed by atoms with Crippen molar-refractivity contribution in [2.45, 2.75) is 44.2 Å². The molecule has 8 nitrogen and oxygen atoms in total. The van der Waals surface area contributed by atoms with E-state index in [2.05, 4.69) is 33.7 Å². The summed E-state index contributed by atoms with van der Waals surface area (Å²) in [4.78, 5) is 35.3. The molecule has 174 valence electrons. The summed E-state index contributed by atoms with van der Waals surface area (Å²) >= 11 is 0. The van der Waals surface area contributed by atoms with E-state index in [1.165, 1.54) is 0 Å². The van der Waals surface area contributed by atoms with Gasteiger partial charge in [-0.25, -0.2) is 4.79 Å². The van der Waals surface area contributed by atoms with E-state index in [0.717, 1.165) is 38.0 Å². The molecule has 0 spiro atoms. The van der Waals surface area contributed by atoms with E-state index in [1.54, 1.807) is 6.92 Å². The SMILES string of the molecule is C#[N+]C12CCCC(N(C)C)C1CN(c1ccc(-c3[nH]c(=O)c(C(=O)O)c(O)c3CC)cc1)C2. The fourth-order valence-electron chi connectivity index (χ4n) is 5.75. The van der Waals surface area contributed by atoms with E-state index in [1.807, 2.05) is 24.3 Å². The first kappa shape index (κ1) is 22.9. The van der Waals surface area contributed by atoms with Gasteiger partial charge in [-0.3, -0.25) is 4.79 Å². The summed E-state index contributed by atoms with van der Waals surface area (Å²) in [6, 6.07) is 8.18. The van der Waals surface area contributed by atoms with Crippen LogP contribution < -0.4 is 10.5 Å². The van der Waals surface area contributed by atoms with Crippen molar-refractivity contribution in [3.8, 4) is 23.6 Å². The van der Waals surface area contributed by atoms with E-state index in [9.17, 15) is 19.8 Å². The second-order valence-corrected chi connectivity index (χ2v) is 9.38. The Morgan fingerprint density at radius 1 is 1.33 bits per heavy atom. The maximum Gasteiger partial charge on any atom is 0.345 e. The number of aromatic nitrogens is 1. The molecule has 2 aliphatic rings. The van der Waals surface area contributed by atoms with Crippen LogP contribution in [0.15, 0.2) is 29.1 Å². The largest absolute Gasteiger partial charge is 0.506 e. The molecule has 1 aliphatic carbocycles. The van der Waals surface area contributed by atoms with Crippen LogP contribution in [0.5, 0.6) is 5.75 Å². The minimum atomic E-state index is -1.45. The number of pyridine rings is 1. The molecule has 2 fully saturated rings. The summed E-state index contributed by atoms with van der Waals surface area (Å²) in [6.45, 7) is 9.40. The Morgan fingerprint density at radius 3 is 2.61 bits per heavy atom. The van der Waals surface area contributed by atoms with Crippen molar-refractivity contribution in [2.24, 2.45) is 5.92 Å². The lowest BCUT2D eigenvalue weighted by Gasteiger charge is -2.36. The van der Waals surface area contributed by atoms with E-state index < -0.39 is 22.8 Å². The van der Waals surface area contributed by atoms with Crippen molar-refractivity contribution in [1.82, 2.24) is 9.88 Å². The van der Waals surface area contributed by atoms with Crippen LogP contribution in [0.2, 0.25) is 0 Å². The van der Waals surface area contributed by atoms with Crippen LogP contribution in [0.25, 0.3) is 16.1 Å². The minimum Gasteiger partial charge on any atom is -0.506 e. The Kier molecular flexibility index (Phi) is 5.93. The number of carbonyl (C=O) groups is 1. The highest BCUT2D eigenvalue weighted by Gasteiger charge is 2.60. The van der Waals surface area contributed by atoms with Crippen molar-refractivity contribution in [3.05, 3.63) is 50.6 Å².